The highest BCUT2D eigenvalue weighted by molar-refractivity contribution is 6.29. The number of hydrogen-bond donors (Lipinski definition) is 2. The molecule has 1 aromatic heterocycles. The molecule has 2 unspecified atom stereocenters. The van der Waals surface area contributed by atoms with Gasteiger partial charge >= 0.3 is 0 Å². The lowest BCUT2D eigenvalue weighted by Crippen LogP contribution is -2.46. The van der Waals surface area contributed by atoms with Gasteiger partial charge in [-0.25, -0.2) is 0 Å². The molecule has 0 radical (unpaired) electrons. The molecule has 0 bridgehead atoms. The van der Waals surface area contributed by atoms with Crippen LogP contribution in [0.3, 0.4) is 0 Å². The molecule has 0 aliphatic carbocycles. The number of nitrogens with zero attached hydrogens (tertiary/aromatic N) is 2. The SMILES string of the molecule is Cc1noc(Cl)c1CCC(=O)N1CCCC(CNC(=O)C2CCCN2)C1. The van der Waals surface area contributed by atoms with Crippen molar-refractivity contribution < 1.29 is 14.1 Å². The summed E-state index contributed by atoms with van der Waals surface area (Å²) >= 11 is 5.96. The molecule has 2 saturated heterocycles. The van der Waals surface area contributed by atoms with Gasteiger partial charge in [0.25, 0.3) is 0 Å². The standard InChI is InChI=1S/C18H27ClN4O3/c1-12-14(17(19)26-22-12)6-7-16(24)23-9-3-4-13(11-23)10-21-18(25)15-5-2-8-20-15/h13,15,20H,2-11H2,1H3,(H,21,25). The van der Waals surface area contributed by atoms with E-state index in [0.717, 1.165) is 50.0 Å². The average molecular weight is 383 g/mol. The summed E-state index contributed by atoms with van der Waals surface area (Å²) in [6.07, 6.45) is 4.91. The van der Waals surface area contributed by atoms with Crippen LogP contribution in [0.4, 0.5) is 0 Å². The maximum Gasteiger partial charge on any atom is 0.237 e. The van der Waals surface area contributed by atoms with Crippen LogP contribution in [0.1, 0.15) is 43.4 Å². The fourth-order valence-corrected chi connectivity index (χ4v) is 4.03. The second kappa shape index (κ2) is 8.86. The van der Waals surface area contributed by atoms with Crippen molar-refractivity contribution in [3.8, 4) is 0 Å². The quantitative estimate of drug-likeness (QED) is 0.781. The number of hydrogen-bond acceptors (Lipinski definition) is 5. The summed E-state index contributed by atoms with van der Waals surface area (Å²) in [4.78, 5) is 26.6. The van der Waals surface area contributed by atoms with Gasteiger partial charge in [0.05, 0.1) is 11.7 Å². The first-order valence-corrected chi connectivity index (χ1v) is 9.82. The number of halogens is 1. The second-order valence-electron chi connectivity index (χ2n) is 7.26. The van der Waals surface area contributed by atoms with Gasteiger partial charge in [-0.1, -0.05) is 5.16 Å². The Morgan fingerprint density at radius 3 is 2.92 bits per heavy atom. The molecule has 0 saturated carbocycles. The molecule has 2 aliphatic heterocycles. The molecule has 2 atom stereocenters. The maximum atomic E-state index is 12.5. The van der Waals surface area contributed by atoms with Crippen molar-refractivity contribution in [3.05, 3.63) is 16.5 Å². The Morgan fingerprint density at radius 2 is 2.23 bits per heavy atom. The van der Waals surface area contributed by atoms with Crippen molar-refractivity contribution in [1.29, 1.82) is 0 Å². The van der Waals surface area contributed by atoms with Crippen LogP contribution in [0.25, 0.3) is 0 Å². The minimum Gasteiger partial charge on any atom is -0.354 e. The fourth-order valence-electron chi connectivity index (χ4n) is 3.76. The van der Waals surface area contributed by atoms with E-state index in [1.165, 1.54) is 0 Å². The fraction of sp³-hybridized carbons (Fsp3) is 0.722. The summed E-state index contributed by atoms with van der Waals surface area (Å²) < 4.78 is 4.93. The van der Waals surface area contributed by atoms with Crippen molar-refractivity contribution >= 4 is 23.4 Å². The lowest BCUT2D eigenvalue weighted by molar-refractivity contribution is -0.132. The zero-order valence-electron chi connectivity index (χ0n) is 15.2. The Bertz CT molecular complexity index is 623. The van der Waals surface area contributed by atoms with Crippen LogP contribution < -0.4 is 10.6 Å². The third-order valence-electron chi connectivity index (χ3n) is 5.34. The molecule has 26 heavy (non-hydrogen) atoms. The first-order chi connectivity index (χ1) is 12.5. The lowest BCUT2D eigenvalue weighted by atomic mass is 9.97. The van der Waals surface area contributed by atoms with E-state index in [9.17, 15) is 9.59 Å². The molecule has 144 valence electrons. The summed E-state index contributed by atoms with van der Waals surface area (Å²) in [5, 5.41) is 10.3. The van der Waals surface area contributed by atoms with Gasteiger partial charge in [0.15, 0.2) is 0 Å². The summed E-state index contributed by atoms with van der Waals surface area (Å²) in [6, 6.07) is -0.0483. The van der Waals surface area contributed by atoms with E-state index in [2.05, 4.69) is 15.8 Å². The smallest absolute Gasteiger partial charge is 0.237 e. The van der Waals surface area contributed by atoms with Crippen LogP contribution in [0, 0.1) is 12.8 Å². The second-order valence-corrected chi connectivity index (χ2v) is 7.61. The predicted molar refractivity (Wildman–Crippen MR) is 97.9 cm³/mol. The van der Waals surface area contributed by atoms with Gasteiger partial charge in [-0.15, -0.1) is 0 Å². The van der Waals surface area contributed by atoms with Gasteiger partial charge in [-0.2, -0.15) is 0 Å². The van der Waals surface area contributed by atoms with E-state index in [1.807, 2.05) is 11.8 Å². The molecule has 1 aromatic rings. The Morgan fingerprint density at radius 1 is 1.38 bits per heavy atom. The number of aryl methyl sites for hydroxylation is 1. The highest BCUT2D eigenvalue weighted by Crippen LogP contribution is 2.22. The molecule has 0 aromatic carbocycles. The normalized spacial score (nSPS) is 23.2. The molecule has 7 nitrogen and oxygen atoms in total. The van der Waals surface area contributed by atoms with E-state index < -0.39 is 0 Å². The van der Waals surface area contributed by atoms with Crippen molar-refractivity contribution in [2.45, 2.75) is 51.5 Å². The Balaban J connectivity index is 1.43. The third-order valence-corrected chi connectivity index (χ3v) is 5.64. The van der Waals surface area contributed by atoms with Crippen molar-refractivity contribution in [2.75, 3.05) is 26.2 Å². The molecule has 3 heterocycles. The van der Waals surface area contributed by atoms with Crippen LogP contribution in [0.15, 0.2) is 4.52 Å². The number of likely N-dealkylation sites (tertiary alicyclic amines) is 1. The van der Waals surface area contributed by atoms with Crippen LogP contribution in [0.2, 0.25) is 5.22 Å². The summed E-state index contributed by atoms with van der Waals surface area (Å²) in [5.41, 5.74) is 1.55. The van der Waals surface area contributed by atoms with Gasteiger partial charge in [0, 0.05) is 31.6 Å². The van der Waals surface area contributed by atoms with Crippen molar-refractivity contribution in [2.24, 2.45) is 5.92 Å². The molecule has 3 rings (SSSR count). The number of carbonyl (C=O) groups excluding carboxylic acids is 2. The topological polar surface area (TPSA) is 87.5 Å². The van der Waals surface area contributed by atoms with Crippen LogP contribution in [0.5, 0.6) is 0 Å². The zero-order chi connectivity index (χ0) is 18.5. The number of rotatable bonds is 6. The molecule has 2 aliphatic rings. The summed E-state index contributed by atoms with van der Waals surface area (Å²) in [5.74, 6) is 0.526. The van der Waals surface area contributed by atoms with Gasteiger partial charge in [0.1, 0.15) is 0 Å². The Hall–Kier alpha value is -1.60. The zero-order valence-corrected chi connectivity index (χ0v) is 16.0. The minimum atomic E-state index is -0.0483. The van der Waals surface area contributed by atoms with E-state index in [1.54, 1.807) is 0 Å². The van der Waals surface area contributed by atoms with Crippen molar-refractivity contribution in [3.63, 3.8) is 0 Å². The number of piperidine rings is 1. The van der Waals surface area contributed by atoms with Crippen LogP contribution in [-0.2, 0) is 16.0 Å². The summed E-state index contributed by atoms with van der Waals surface area (Å²) in [7, 11) is 0. The molecular formula is C18H27ClN4O3. The van der Waals surface area contributed by atoms with E-state index in [4.69, 9.17) is 16.1 Å². The van der Waals surface area contributed by atoms with Crippen LogP contribution >= 0.6 is 11.6 Å². The predicted octanol–water partition coefficient (Wildman–Crippen LogP) is 1.68. The van der Waals surface area contributed by atoms with E-state index in [-0.39, 0.29) is 23.1 Å². The molecule has 2 fully saturated rings. The van der Waals surface area contributed by atoms with Gasteiger partial charge in [-0.05, 0) is 63.1 Å². The van der Waals surface area contributed by atoms with E-state index >= 15 is 0 Å². The molecule has 8 heteroatoms. The number of amides is 2. The lowest BCUT2D eigenvalue weighted by Gasteiger charge is -2.33. The number of carbonyl (C=O) groups is 2. The largest absolute Gasteiger partial charge is 0.354 e. The molecule has 2 amide bonds. The van der Waals surface area contributed by atoms with Crippen LogP contribution in [-0.4, -0.2) is 54.1 Å². The monoisotopic (exact) mass is 382 g/mol. The molecule has 2 N–H and O–H groups in total. The summed E-state index contributed by atoms with van der Waals surface area (Å²) in [6.45, 7) is 4.86. The van der Waals surface area contributed by atoms with E-state index in [0.29, 0.717) is 31.8 Å². The Kier molecular flexibility index (Phi) is 6.53. The molecule has 0 spiro atoms. The van der Waals surface area contributed by atoms with Gasteiger partial charge < -0.3 is 20.1 Å². The first kappa shape index (κ1) is 19.2. The minimum absolute atomic E-state index is 0.0483. The third kappa shape index (κ3) is 4.76. The van der Waals surface area contributed by atoms with Crippen molar-refractivity contribution in [1.82, 2.24) is 20.7 Å². The van der Waals surface area contributed by atoms with Gasteiger partial charge in [-0.3, -0.25) is 9.59 Å². The highest BCUT2D eigenvalue weighted by Gasteiger charge is 2.26. The number of nitrogens with one attached hydrogen (secondary N) is 2. The first-order valence-electron chi connectivity index (χ1n) is 9.44. The highest BCUT2D eigenvalue weighted by atomic mass is 35.5. The number of aromatic nitrogens is 1. The maximum absolute atomic E-state index is 12.5. The Labute approximate surface area is 158 Å². The average Bonchev–Trinajstić information content (AvgIpc) is 3.29. The molecular weight excluding hydrogens is 356 g/mol. The van der Waals surface area contributed by atoms with Gasteiger partial charge in [0.2, 0.25) is 17.0 Å².